The first kappa shape index (κ1) is 14.1. The third kappa shape index (κ3) is 2.68. The summed E-state index contributed by atoms with van der Waals surface area (Å²) in [5.74, 6) is 0.358. The molecule has 0 aromatic heterocycles. The number of anilines is 1. The van der Waals surface area contributed by atoms with Gasteiger partial charge in [0.15, 0.2) is 0 Å². The van der Waals surface area contributed by atoms with Crippen LogP contribution in [0, 0.1) is 0 Å². The second-order valence-corrected chi connectivity index (χ2v) is 6.44. The van der Waals surface area contributed by atoms with E-state index in [1.54, 1.807) is 7.05 Å². The Morgan fingerprint density at radius 2 is 2.21 bits per heavy atom. The van der Waals surface area contributed by atoms with Gasteiger partial charge in [0.05, 0.1) is 30.3 Å². The minimum absolute atomic E-state index is 0.117. The van der Waals surface area contributed by atoms with Crippen molar-refractivity contribution < 1.29 is 17.9 Å². The smallest absolute Gasteiger partial charge is 0.243 e. The van der Waals surface area contributed by atoms with Crippen LogP contribution in [-0.2, 0) is 14.8 Å². The summed E-state index contributed by atoms with van der Waals surface area (Å²) >= 11 is 0. The van der Waals surface area contributed by atoms with Crippen LogP contribution in [0.2, 0.25) is 0 Å². The molecular formula is C12H18N2O4S. The van der Waals surface area contributed by atoms with Gasteiger partial charge in [0, 0.05) is 19.7 Å². The lowest BCUT2D eigenvalue weighted by molar-refractivity contribution is 0.181. The zero-order valence-corrected chi connectivity index (χ0v) is 11.8. The van der Waals surface area contributed by atoms with E-state index in [0.29, 0.717) is 31.1 Å². The van der Waals surface area contributed by atoms with Crippen LogP contribution in [-0.4, -0.2) is 46.1 Å². The zero-order valence-electron chi connectivity index (χ0n) is 11.0. The van der Waals surface area contributed by atoms with Crippen molar-refractivity contribution >= 4 is 15.7 Å². The van der Waals surface area contributed by atoms with Gasteiger partial charge in [-0.15, -0.1) is 0 Å². The molecule has 1 heterocycles. The van der Waals surface area contributed by atoms with Crippen molar-refractivity contribution in [2.75, 3.05) is 33.1 Å². The first-order valence-electron chi connectivity index (χ1n) is 5.96. The van der Waals surface area contributed by atoms with E-state index in [0.717, 1.165) is 0 Å². The molecule has 19 heavy (non-hydrogen) atoms. The van der Waals surface area contributed by atoms with Crippen LogP contribution < -0.4 is 10.5 Å². The topological polar surface area (TPSA) is 81.9 Å². The maximum Gasteiger partial charge on any atom is 0.243 e. The summed E-state index contributed by atoms with van der Waals surface area (Å²) in [6, 6.07) is 4.34. The van der Waals surface area contributed by atoms with Gasteiger partial charge in [-0.3, -0.25) is 0 Å². The number of ether oxygens (including phenoxy) is 2. The van der Waals surface area contributed by atoms with E-state index in [9.17, 15) is 8.42 Å². The monoisotopic (exact) mass is 286 g/mol. The van der Waals surface area contributed by atoms with Crippen LogP contribution in [0.5, 0.6) is 5.75 Å². The van der Waals surface area contributed by atoms with Crippen LogP contribution in [0.4, 0.5) is 5.69 Å². The third-order valence-electron chi connectivity index (χ3n) is 3.30. The number of nitrogens with zero attached hydrogens (tertiary/aromatic N) is 1. The van der Waals surface area contributed by atoms with Gasteiger partial charge < -0.3 is 15.2 Å². The van der Waals surface area contributed by atoms with Gasteiger partial charge in [0.2, 0.25) is 10.0 Å². The highest BCUT2D eigenvalue weighted by Crippen LogP contribution is 2.27. The summed E-state index contributed by atoms with van der Waals surface area (Å²) in [7, 11) is -0.532. The summed E-state index contributed by atoms with van der Waals surface area (Å²) in [4.78, 5) is 0.174. The SMILES string of the molecule is COc1cc(S(=O)(=O)N(C)C2CCOC2)ccc1N. The lowest BCUT2D eigenvalue weighted by Crippen LogP contribution is -2.37. The lowest BCUT2D eigenvalue weighted by atomic mass is 10.3. The summed E-state index contributed by atoms with van der Waals surface area (Å²) in [5, 5.41) is 0. The normalized spacial score (nSPS) is 19.8. The molecule has 1 aromatic rings. The molecule has 1 atom stereocenters. The fourth-order valence-electron chi connectivity index (χ4n) is 2.02. The molecule has 7 heteroatoms. The predicted octanol–water partition coefficient (Wildman–Crippen LogP) is 0.687. The van der Waals surface area contributed by atoms with Crippen LogP contribution in [0.15, 0.2) is 23.1 Å². The van der Waals surface area contributed by atoms with Gasteiger partial charge in [0.1, 0.15) is 5.75 Å². The fraction of sp³-hybridized carbons (Fsp3) is 0.500. The quantitative estimate of drug-likeness (QED) is 0.823. The number of sulfonamides is 1. The van der Waals surface area contributed by atoms with Gasteiger partial charge in [-0.25, -0.2) is 8.42 Å². The number of methoxy groups -OCH3 is 1. The minimum Gasteiger partial charge on any atom is -0.495 e. The highest BCUT2D eigenvalue weighted by Gasteiger charge is 2.31. The Morgan fingerprint density at radius 3 is 2.79 bits per heavy atom. The molecular weight excluding hydrogens is 268 g/mol. The van der Waals surface area contributed by atoms with E-state index in [1.165, 1.54) is 29.6 Å². The van der Waals surface area contributed by atoms with E-state index >= 15 is 0 Å². The Balaban J connectivity index is 2.33. The molecule has 0 radical (unpaired) electrons. The Bertz CT molecular complexity index is 553. The number of benzene rings is 1. The lowest BCUT2D eigenvalue weighted by Gasteiger charge is -2.22. The number of hydrogen-bond donors (Lipinski definition) is 1. The van der Waals surface area contributed by atoms with Crippen molar-refractivity contribution in [1.29, 1.82) is 0 Å². The number of nitrogen functional groups attached to an aromatic ring is 1. The first-order chi connectivity index (χ1) is 8.96. The molecule has 0 bridgehead atoms. The predicted molar refractivity (Wildman–Crippen MR) is 71.6 cm³/mol. The molecule has 0 spiro atoms. The molecule has 1 saturated heterocycles. The number of likely N-dealkylation sites (N-methyl/N-ethyl adjacent to an activating group) is 1. The fourth-order valence-corrected chi connectivity index (χ4v) is 3.41. The second kappa shape index (κ2) is 5.36. The van der Waals surface area contributed by atoms with Gasteiger partial charge >= 0.3 is 0 Å². The maximum atomic E-state index is 12.5. The van der Waals surface area contributed by atoms with E-state index in [2.05, 4.69) is 0 Å². The van der Waals surface area contributed by atoms with E-state index in [1.807, 2.05) is 0 Å². The molecule has 0 amide bonds. The molecule has 2 rings (SSSR count). The largest absolute Gasteiger partial charge is 0.495 e. The highest BCUT2D eigenvalue weighted by atomic mass is 32.2. The Labute approximate surface area is 113 Å². The standard InChI is InChI=1S/C12H18N2O4S/c1-14(9-5-6-18-8-9)19(15,16)10-3-4-11(13)12(7-10)17-2/h3-4,7,9H,5-6,8,13H2,1-2H3. The second-order valence-electron chi connectivity index (χ2n) is 4.44. The van der Waals surface area contributed by atoms with Gasteiger partial charge in [0.25, 0.3) is 0 Å². The van der Waals surface area contributed by atoms with Crippen LogP contribution in [0.3, 0.4) is 0 Å². The molecule has 2 N–H and O–H groups in total. The maximum absolute atomic E-state index is 12.5. The Kier molecular flexibility index (Phi) is 3.98. The van der Waals surface area contributed by atoms with Crippen molar-refractivity contribution in [3.63, 3.8) is 0 Å². The number of nitrogens with two attached hydrogens (primary N) is 1. The average Bonchev–Trinajstić information content (AvgIpc) is 2.91. The summed E-state index contributed by atoms with van der Waals surface area (Å²) in [5.41, 5.74) is 6.10. The van der Waals surface area contributed by atoms with Crippen LogP contribution >= 0.6 is 0 Å². The average molecular weight is 286 g/mol. The Hall–Kier alpha value is -1.31. The van der Waals surface area contributed by atoms with Gasteiger partial charge in [-0.2, -0.15) is 4.31 Å². The molecule has 0 saturated carbocycles. The zero-order chi connectivity index (χ0) is 14.0. The van der Waals surface area contributed by atoms with Crippen LogP contribution in [0.1, 0.15) is 6.42 Å². The molecule has 1 fully saturated rings. The molecule has 0 aliphatic carbocycles. The molecule has 1 aliphatic heterocycles. The van der Waals surface area contributed by atoms with Crippen LogP contribution in [0.25, 0.3) is 0 Å². The minimum atomic E-state index is -3.55. The van der Waals surface area contributed by atoms with Crippen molar-refractivity contribution in [3.8, 4) is 5.75 Å². The van der Waals surface area contributed by atoms with E-state index in [-0.39, 0.29) is 10.9 Å². The van der Waals surface area contributed by atoms with Crippen molar-refractivity contribution in [1.82, 2.24) is 4.31 Å². The highest BCUT2D eigenvalue weighted by molar-refractivity contribution is 7.89. The summed E-state index contributed by atoms with van der Waals surface area (Å²) < 4.78 is 36.6. The molecule has 1 aromatic carbocycles. The molecule has 106 valence electrons. The molecule has 6 nitrogen and oxygen atoms in total. The van der Waals surface area contributed by atoms with E-state index in [4.69, 9.17) is 15.2 Å². The third-order valence-corrected chi connectivity index (χ3v) is 5.21. The first-order valence-corrected chi connectivity index (χ1v) is 7.40. The van der Waals surface area contributed by atoms with E-state index < -0.39 is 10.0 Å². The Morgan fingerprint density at radius 1 is 1.47 bits per heavy atom. The molecule has 1 aliphatic rings. The summed E-state index contributed by atoms with van der Waals surface area (Å²) in [6.45, 7) is 1.03. The van der Waals surface area contributed by atoms with Crippen molar-refractivity contribution in [2.45, 2.75) is 17.4 Å². The van der Waals surface area contributed by atoms with Gasteiger partial charge in [-0.1, -0.05) is 0 Å². The van der Waals surface area contributed by atoms with Crippen molar-refractivity contribution in [3.05, 3.63) is 18.2 Å². The molecule has 1 unspecified atom stereocenters. The van der Waals surface area contributed by atoms with Crippen molar-refractivity contribution in [2.24, 2.45) is 0 Å². The van der Waals surface area contributed by atoms with Gasteiger partial charge in [-0.05, 0) is 18.6 Å². The summed E-state index contributed by atoms with van der Waals surface area (Å²) in [6.07, 6.45) is 0.710. The number of rotatable bonds is 4. The number of hydrogen-bond acceptors (Lipinski definition) is 5.